The Morgan fingerprint density at radius 3 is 2.81 bits per heavy atom. The van der Waals surface area contributed by atoms with Crippen molar-refractivity contribution in [2.24, 2.45) is 0 Å². The van der Waals surface area contributed by atoms with Gasteiger partial charge in [-0.15, -0.1) is 0 Å². The summed E-state index contributed by atoms with van der Waals surface area (Å²) in [7, 11) is 0. The van der Waals surface area contributed by atoms with Crippen LogP contribution in [0.25, 0.3) is 0 Å². The van der Waals surface area contributed by atoms with E-state index in [-0.39, 0.29) is 24.8 Å². The smallest absolute Gasteiger partial charge is 0.303 e. The van der Waals surface area contributed by atoms with Crippen molar-refractivity contribution >= 4 is 11.9 Å². The topological polar surface area (TPSA) is 79.3 Å². The van der Waals surface area contributed by atoms with Gasteiger partial charge in [-0.05, 0) is 18.6 Å². The molecule has 0 bridgehead atoms. The molecule has 0 aliphatic heterocycles. The van der Waals surface area contributed by atoms with Gasteiger partial charge in [-0.1, -0.05) is 6.07 Å². The van der Waals surface area contributed by atoms with Crippen LogP contribution < -0.4 is 5.32 Å². The predicted octanol–water partition coefficient (Wildman–Crippen LogP) is 1.12. The van der Waals surface area contributed by atoms with E-state index in [0.717, 1.165) is 5.56 Å². The third-order valence-electron chi connectivity index (χ3n) is 2.13. The summed E-state index contributed by atoms with van der Waals surface area (Å²) in [4.78, 5) is 25.5. The number of aliphatic carboxylic acids is 1. The molecule has 0 spiro atoms. The maximum atomic E-state index is 11.3. The van der Waals surface area contributed by atoms with Crippen molar-refractivity contribution in [1.82, 2.24) is 10.3 Å². The minimum atomic E-state index is -0.968. The second-order valence-electron chi connectivity index (χ2n) is 3.47. The largest absolute Gasteiger partial charge is 0.481 e. The lowest BCUT2D eigenvalue weighted by Crippen LogP contribution is -2.26. The Hall–Kier alpha value is -1.91. The number of hydrogen-bond donors (Lipinski definition) is 2. The van der Waals surface area contributed by atoms with Gasteiger partial charge in [-0.25, -0.2) is 0 Å². The average Bonchev–Trinajstić information content (AvgIpc) is 2.27. The van der Waals surface area contributed by atoms with Gasteiger partial charge in [0.1, 0.15) is 0 Å². The number of pyridine rings is 1. The van der Waals surface area contributed by atoms with Crippen molar-refractivity contribution in [3.63, 3.8) is 0 Å². The molecule has 1 aromatic rings. The quantitative estimate of drug-likeness (QED) is 0.782. The van der Waals surface area contributed by atoms with Crippen molar-refractivity contribution in [3.8, 4) is 0 Å². The summed E-state index contributed by atoms with van der Waals surface area (Å²) in [5.41, 5.74) is 0.895. The molecule has 1 heterocycles. The highest BCUT2D eigenvalue weighted by Crippen LogP contribution is 2.09. The van der Waals surface area contributed by atoms with Crippen LogP contribution in [0.15, 0.2) is 24.5 Å². The van der Waals surface area contributed by atoms with Crippen molar-refractivity contribution in [3.05, 3.63) is 30.1 Å². The van der Waals surface area contributed by atoms with Crippen LogP contribution in [0, 0.1) is 0 Å². The Labute approximate surface area is 93.5 Å². The molecule has 0 radical (unpaired) electrons. The van der Waals surface area contributed by atoms with E-state index < -0.39 is 5.97 Å². The Morgan fingerprint density at radius 2 is 2.25 bits per heavy atom. The average molecular weight is 222 g/mol. The van der Waals surface area contributed by atoms with E-state index in [9.17, 15) is 9.59 Å². The number of hydrogen-bond acceptors (Lipinski definition) is 3. The molecule has 1 amide bonds. The molecular weight excluding hydrogens is 208 g/mol. The first-order valence-electron chi connectivity index (χ1n) is 5.00. The molecule has 0 aromatic carbocycles. The third-order valence-corrected chi connectivity index (χ3v) is 2.13. The van der Waals surface area contributed by atoms with Gasteiger partial charge in [0, 0.05) is 18.8 Å². The fraction of sp³-hybridized carbons (Fsp3) is 0.364. The molecule has 0 saturated heterocycles. The lowest BCUT2D eigenvalue weighted by atomic mass is 10.1. The normalized spacial score (nSPS) is 11.8. The summed E-state index contributed by atoms with van der Waals surface area (Å²) in [5, 5.41) is 11.1. The number of carbonyl (C=O) groups excluding carboxylic acids is 1. The number of carboxylic acids is 1. The summed E-state index contributed by atoms with van der Waals surface area (Å²) >= 11 is 0. The van der Waals surface area contributed by atoms with E-state index in [0.29, 0.717) is 0 Å². The molecule has 1 unspecified atom stereocenters. The van der Waals surface area contributed by atoms with Gasteiger partial charge >= 0.3 is 5.97 Å². The van der Waals surface area contributed by atoms with Crippen LogP contribution in [-0.4, -0.2) is 22.0 Å². The van der Waals surface area contributed by atoms with E-state index >= 15 is 0 Å². The number of carboxylic acid groups (broad SMARTS) is 1. The van der Waals surface area contributed by atoms with Crippen LogP contribution in [0.2, 0.25) is 0 Å². The molecule has 2 N–H and O–H groups in total. The Balaban J connectivity index is 2.43. The lowest BCUT2D eigenvalue weighted by molar-refractivity contribution is -0.138. The molecular formula is C11H14N2O3. The number of carbonyl (C=O) groups is 2. The molecule has 0 saturated carbocycles. The Kier molecular flexibility index (Phi) is 4.44. The monoisotopic (exact) mass is 222 g/mol. The van der Waals surface area contributed by atoms with E-state index in [1.807, 2.05) is 13.0 Å². The fourth-order valence-corrected chi connectivity index (χ4v) is 1.25. The molecule has 0 aliphatic carbocycles. The van der Waals surface area contributed by atoms with Gasteiger partial charge in [-0.3, -0.25) is 14.6 Å². The van der Waals surface area contributed by atoms with Gasteiger partial charge in [0.2, 0.25) is 5.91 Å². The second kappa shape index (κ2) is 5.85. The first-order valence-corrected chi connectivity index (χ1v) is 5.00. The van der Waals surface area contributed by atoms with Crippen LogP contribution in [-0.2, 0) is 9.59 Å². The first kappa shape index (κ1) is 12.2. The summed E-state index contributed by atoms with van der Waals surface area (Å²) in [6, 6.07) is 3.49. The van der Waals surface area contributed by atoms with E-state index in [1.165, 1.54) is 0 Å². The van der Waals surface area contributed by atoms with Crippen molar-refractivity contribution in [2.75, 3.05) is 0 Å². The number of rotatable bonds is 5. The lowest BCUT2D eigenvalue weighted by Gasteiger charge is -2.13. The molecule has 1 atom stereocenters. The first-order chi connectivity index (χ1) is 7.59. The molecule has 0 fully saturated rings. The molecule has 86 valence electrons. The van der Waals surface area contributed by atoms with Gasteiger partial charge in [-0.2, -0.15) is 0 Å². The SMILES string of the molecule is CC(NC(=O)CCC(=O)O)c1cccnc1. The van der Waals surface area contributed by atoms with E-state index in [4.69, 9.17) is 5.11 Å². The molecule has 16 heavy (non-hydrogen) atoms. The minimum absolute atomic E-state index is 0.0000640. The standard InChI is InChI=1S/C11H14N2O3/c1-8(9-3-2-6-12-7-9)13-10(14)4-5-11(15)16/h2-3,6-8H,4-5H2,1H3,(H,13,14)(H,15,16). The van der Waals surface area contributed by atoms with Gasteiger partial charge in [0.25, 0.3) is 0 Å². The zero-order valence-electron chi connectivity index (χ0n) is 9.01. The van der Waals surface area contributed by atoms with E-state index in [1.54, 1.807) is 18.5 Å². The van der Waals surface area contributed by atoms with Crippen molar-refractivity contribution < 1.29 is 14.7 Å². The van der Waals surface area contributed by atoms with Crippen LogP contribution >= 0.6 is 0 Å². The highest BCUT2D eigenvalue weighted by molar-refractivity contribution is 5.80. The summed E-state index contributed by atoms with van der Waals surface area (Å²) in [5.74, 6) is -1.23. The highest BCUT2D eigenvalue weighted by Gasteiger charge is 2.10. The third kappa shape index (κ3) is 4.08. The van der Waals surface area contributed by atoms with Crippen LogP contribution in [0.1, 0.15) is 31.4 Å². The Bertz CT molecular complexity index is 365. The number of amides is 1. The van der Waals surface area contributed by atoms with Crippen molar-refractivity contribution in [2.45, 2.75) is 25.8 Å². The number of aromatic nitrogens is 1. The predicted molar refractivity (Wildman–Crippen MR) is 57.7 cm³/mol. The van der Waals surface area contributed by atoms with Gasteiger partial charge in [0.05, 0.1) is 12.5 Å². The van der Waals surface area contributed by atoms with E-state index in [2.05, 4.69) is 10.3 Å². The van der Waals surface area contributed by atoms with Crippen LogP contribution in [0.3, 0.4) is 0 Å². The molecule has 0 aliphatic rings. The number of nitrogens with one attached hydrogen (secondary N) is 1. The molecule has 1 aromatic heterocycles. The zero-order valence-corrected chi connectivity index (χ0v) is 9.01. The molecule has 5 heteroatoms. The summed E-state index contributed by atoms with van der Waals surface area (Å²) < 4.78 is 0. The summed E-state index contributed by atoms with van der Waals surface area (Å²) in [6.45, 7) is 1.83. The minimum Gasteiger partial charge on any atom is -0.481 e. The molecule has 5 nitrogen and oxygen atoms in total. The molecule has 1 rings (SSSR count). The van der Waals surface area contributed by atoms with Gasteiger partial charge < -0.3 is 10.4 Å². The van der Waals surface area contributed by atoms with Crippen LogP contribution in [0.4, 0.5) is 0 Å². The maximum absolute atomic E-state index is 11.3. The summed E-state index contributed by atoms with van der Waals surface area (Å²) in [6.07, 6.45) is 3.18. The fourth-order valence-electron chi connectivity index (χ4n) is 1.25. The Morgan fingerprint density at radius 1 is 1.50 bits per heavy atom. The number of nitrogens with zero attached hydrogens (tertiary/aromatic N) is 1. The zero-order chi connectivity index (χ0) is 12.0. The maximum Gasteiger partial charge on any atom is 0.303 e. The van der Waals surface area contributed by atoms with Crippen molar-refractivity contribution in [1.29, 1.82) is 0 Å². The second-order valence-corrected chi connectivity index (χ2v) is 3.47. The van der Waals surface area contributed by atoms with Crippen LogP contribution in [0.5, 0.6) is 0 Å². The highest BCUT2D eigenvalue weighted by atomic mass is 16.4. The van der Waals surface area contributed by atoms with Gasteiger partial charge in [0.15, 0.2) is 0 Å².